The summed E-state index contributed by atoms with van der Waals surface area (Å²) in [6, 6.07) is 18.1. The first-order valence-electron chi connectivity index (χ1n) is 7.81. The highest BCUT2D eigenvalue weighted by molar-refractivity contribution is 5.99. The standard InChI is InChI=1S/C20H17N3O/c1-13-12-17(15-8-4-10-18(24-2)20(15)22-13)23-16-9-3-6-14-7-5-11-21-19(14)16/h3-12H,1-2H3,(H,22,23). The van der Waals surface area contributed by atoms with Crippen LogP contribution in [0.2, 0.25) is 0 Å². The number of pyridine rings is 2. The molecule has 118 valence electrons. The Bertz CT molecular complexity index is 1040. The maximum Gasteiger partial charge on any atom is 0.145 e. The molecule has 1 N–H and O–H groups in total. The molecule has 0 bridgehead atoms. The van der Waals surface area contributed by atoms with Gasteiger partial charge in [0.2, 0.25) is 0 Å². The molecule has 24 heavy (non-hydrogen) atoms. The van der Waals surface area contributed by atoms with Crippen LogP contribution in [0.3, 0.4) is 0 Å². The number of ether oxygens (including phenoxy) is 1. The highest BCUT2D eigenvalue weighted by Gasteiger charge is 2.10. The second-order valence-electron chi connectivity index (χ2n) is 5.67. The lowest BCUT2D eigenvalue weighted by Crippen LogP contribution is -1.97. The van der Waals surface area contributed by atoms with Gasteiger partial charge in [-0.1, -0.05) is 30.3 Å². The van der Waals surface area contributed by atoms with Crippen molar-refractivity contribution in [3.05, 3.63) is 66.5 Å². The van der Waals surface area contributed by atoms with Gasteiger partial charge in [-0.25, -0.2) is 4.98 Å². The Hall–Kier alpha value is -3.14. The van der Waals surface area contributed by atoms with Gasteiger partial charge in [0, 0.05) is 28.4 Å². The highest BCUT2D eigenvalue weighted by Crippen LogP contribution is 2.33. The van der Waals surface area contributed by atoms with Gasteiger partial charge < -0.3 is 10.1 Å². The van der Waals surface area contributed by atoms with E-state index < -0.39 is 0 Å². The lowest BCUT2D eigenvalue weighted by Gasteiger charge is -2.13. The number of nitrogens with zero attached hydrogens (tertiary/aromatic N) is 2. The molecule has 4 rings (SSSR count). The molecule has 0 atom stereocenters. The first-order chi connectivity index (χ1) is 11.8. The number of rotatable bonds is 3. The third-order valence-corrected chi connectivity index (χ3v) is 4.05. The zero-order valence-electron chi connectivity index (χ0n) is 13.6. The molecular weight excluding hydrogens is 298 g/mol. The molecule has 0 amide bonds. The van der Waals surface area contributed by atoms with Crippen LogP contribution >= 0.6 is 0 Å². The Kier molecular flexibility index (Phi) is 3.50. The molecule has 4 nitrogen and oxygen atoms in total. The number of anilines is 2. The summed E-state index contributed by atoms with van der Waals surface area (Å²) in [7, 11) is 1.67. The minimum absolute atomic E-state index is 0.773. The van der Waals surface area contributed by atoms with Crippen molar-refractivity contribution in [1.29, 1.82) is 0 Å². The van der Waals surface area contributed by atoms with Crippen LogP contribution in [0.5, 0.6) is 5.75 Å². The van der Waals surface area contributed by atoms with Crippen molar-refractivity contribution in [2.24, 2.45) is 0 Å². The maximum atomic E-state index is 5.46. The monoisotopic (exact) mass is 315 g/mol. The van der Waals surface area contributed by atoms with Crippen LogP contribution in [0, 0.1) is 6.92 Å². The first-order valence-corrected chi connectivity index (χ1v) is 7.81. The van der Waals surface area contributed by atoms with Crippen LogP contribution in [0.25, 0.3) is 21.8 Å². The highest BCUT2D eigenvalue weighted by atomic mass is 16.5. The number of aromatic nitrogens is 2. The van der Waals surface area contributed by atoms with Gasteiger partial charge in [-0.05, 0) is 31.2 Å². The molecule has 0 spiro atoms. The van der Waals surface area contributed by atoms with Gasteiger partial charge in [0.1, 0.15) is 11.3 Å². The minimum Gasteiger partial charge on any atom is -0.494 e. The minimum atomic E-state index is 0.773. The lowest BCUT2D eigenvalue weighted by atomic mass is 10.1. The Morgan fingerprint density at radius 1 is 0.917 bits per heavy atom. The average Bonchev–Trinajstić information content (AvgIpc) is 2.61. The van der Waals surface area contributed by atoms with Crippen LogP contribution in [-0.2, 0) is 0 Å². The fraction of sp³-hybridized carbons (Fsp3) is 0.100. The van der Waals surface area contributed by atoms with Crippen molar-refractivity contribution in [1.82, 2.24) is 9.97 Å². The molecule has 2 aromatic carbocycles. The fourth-order valence-electron chi connectivity index (χ4n) is 2.97. The van der Waals surface area contributed by atoms with E-state index in [-0.39, 0.29) is 0 Å². The van der Waals surface area contributed by atoms with Crippen molar-refractivity contribution in [2.75, 3.05) is 12.4 Å². The van der Waals surface area contributed by atoms with Crippen molar-refractivity contribution in [3.8, 4) is 5.75 Å². The van der Waals surface area contributed by atoms with Gasteiger partial charge >= 0.3 is 0 Å². The van der Waals surface area contributed by atoms with Crippen molar-refractivity contribution in [2.45, 2.75) is 6.92 Å². The molecule has 0 fully saturated rings. The third kappa shape index (κ3) is 2.42. The Balaban J connectivity index is 1.90. The molecule has 0 aliphatic rings. The largest absolute Gasteiger partial charge is 0.494 e. The molecule has 0 saturated carbocycles. The summed E-state index contributed by atoms with van der Waals surface area (Å²) in [5.41, 5.74) is 4.71. The number of hydrogen-bond acceptors (Lipinski definition) is 4. The molecule has 4 heteroatoms. The van der Waals surface area contributed by atoms with Crippen LogP contribution in [0.15, 0.2) is 60.8 Å². The van der Waals surface area contributed by atoms with Crippen molar-refractivity contribution >= 4 is 33.2 Å². The molecule has 0 aliphatic heterocycles. The van der Waals surface area contributed by atoms with Crippen molar-refractivity contribution in [3.63, 3.8) is 0 Å². The SMILES string of the molecule is COc1cccc2c(Nc3cccc4cccnc34)cc(C)nc12. The summed E-state index contributed by atoms with van der Waals surface area (Å²) in [6.45, 7) is 1.98. The maximum absolute atomic E-state index is 5.46. The number of methoxy groups -OCH3 is 1. The quantitative estimate of drug-likeness (QED) is 0.587. The molecule has 4 aromatic rings. The van der Waals surface area contributed by atoms with Gasteiger partial charge in [0.15, 0.2) is 0 Å². The average molecular weight is 315 g/mol. The third-order valence-electron chi connectivity index (χ3n) is 4.05. The van der Waals surface area contributed by atoms with E-state index in [1.807, 2.05) is 55.6 Å². The van der Waals surface area contributed by atoms with Crippen molar-refractivity contribution < 1.29 is 4.74 Å². The topological polar surface area (TPSA) is 47.0 Å². The predicted molar refractivity (Wildman–Crippen MR) is 98.1 cm³/mol. The summed E-state index contributed by atoms with van der Waals surface area (Å²) in [5, 5.41) is 5.65. The summed E-state index contributed by atoms with van der Waals surface area (Å²) < 4.78 is 5.46. The van der Waals surface area contributed by atoms with Crippen LogP contribution in [-0.4, -0.2) is 17.1 Å². The van der Waals surface area contributed by atoms with Crippen LogP contribution in [0.1, 0.15) is 5.69 Å². The van der Waals surface area contributed by atoms with Gasteiger partial charge in [-0.15, -0.1) is 0 Å². The second-order valence-corrected chi connectivity index (χ2v) is 5.67. The molecule has 0 unspecified atom stereocenters. The van der Waals surface area contributed by atoms with Crippen LogP contribution < -0.4 is 10.1 Å². The summed E-state index contributed by atoms with van der Waals surface area (Å²) >= 11 is 0. The zero-order chi connectivity index (χ0) is 16.5. The zero-order valence-corrected chi connectivity index (χ0v) is 13.6. The summed E-state index contributed by atoms with van der Waals surface area (Å²) in [6.07, 6.45) is 1.81. The molecule has 2 aromatic heterocycles. The first kappa shape index (κ1) is 14.5. The fourth-order valence-corrected chi connectivity index (χ4v) is 2.97. The van der Waals surface area contributed by atoms with Gasteiger partial charge in [0.25, 0.3) is 0 Å². The van der Waals surface area contributed by atoms with Crippen LogP contribution in [0.4, 0.5) is 11.4 Å². The summed E-state index contributed by atoms with van der Waals surface area (Å²) in [4.78, 5) is 9.14. The van der Waals surface area contributed by atoms with Gasteiger partial charge in [-0.3, -0.25) is 4.98 Å². The van der Waals surface area contributed by atoms with Gasteiger partial charge in [-0.2, -0.15) is 0 Å². The van der Waals surface area contributed by atoms with E-state index in [9.17, 15) is 0 Å². The van der Waals surface area contributed by atoms with Gasteiger partial charge in [0.05, 0.1) is 18.3 Å². The summed E-state index contributed by atoms with van der Waals surface area (Å²) in [5.74, 6) is 0.773. The van der Waals surface area contributed by atoms with E-state index in [1.54, 1.807) is 7.11 Å². The molecule has 2 heterocycles. The number of fused-ring (bicyclic) bond motifs is 2. The number of nitrogens with one attached hydrogen (secondary N) is 1. The number of para-hydroxylation sites is 2. The normalized spacial score (nSPS) is 10.9. The molecule has 0 saturated heterocycles. The van der Waals surface area contributed by atoms with E-state index in [1.165, 1.54) is 0 Å². The van der Waals surface area contributed by atoms with E-state index in [4.69, 9.17) is 4.74 Å². The predicted octanol–water partition coefficient (Wildman–Crippen LogP) is 4.84. The van der Waals surface area contributed by atoms with E-state index in [0.717, 1.165) is 44.6 Å². The lowest BCUT2D eigenvalue weighted by molar-refractivity contribution is 0.419. The Morgan fingerprint density at radius 2 is 1.75 bits per heavy atom. The number of benzene rings is 2. The Morgan fingerprint density at radius 3 is 2.62 bits per heavy atom. The van der Waals surface area contributed by atoms with E-state index in [2.05, 4.69) is 27.4 Å². The van der Waals surface area contributed by atoms with E-state index in [0.29, 0.717) is 0 Å². The molecular formula is C20H17N3O. The second kappa shape index (κ2) is 5.81. The number of hydrogen-bond donors (Lipinski definition) is 1. The molecule has 0 aliphatic carbocycles. The van der Waals surface area contributed by atoms with E-state index >= 15 is 0 Å². The smallest absolute Gasteiger partial charge is 0.145 e. The Labute approximate surface area is 140 Å². The molecule has 0 radical (unpaired) electrons. The number of aryl methyl sites for hydroxylation is 1.